The summed E-state index contributed by atoms with van der Waals surface area (Å²) in [5.74, 6) is 0.236. The minimum Gasteiger partial charge on any atom is -0.462 e. The molecule has 3 N–H and O–H groups in total. The standard InChI is InChI=1S/C81H158O17P2/c1-8-12-13-14-15-16-17-18-19-20-21-22-23-24-29-32-35-41-50-57-64-80(85)97-76(68-91-78(83)62-55-48-40-34-31-28-26-25-27-30-33-38-45-52-59-72(5)9-2)70-95-99(87,88)93-66-75(82)67-94-100(89,90)96-71-77(69-92-79(84)63-56-49-44-43-47-54-61-74(7)11-4)98-81(86)65-58-51-42-37-36-39-46-53-60-73(6)10-3/h72-77,82H,8-71H2,1-7H3,(H,87,88)(H,89,90)/t72?,73?,74?,75-,76-,77-/m1/s1. The number of rotatable bonds is 79. The predicted octanol–water partition coefficient (Wildman–Crippen LogP) is 24.1. The molecule has 594 valence electrons. The highest BCUT2D eigenvalue weighted by Crippen LogP contribution is 2.45. The van der Waals surface area contributed by atoms with Gasteiger partial charge in [-0.3, -0.25) is 37.3 Å². The number of ether oxygens (including phenoxy) is 4. The maximum Gasteiger partial charge on any atom is 0.472 e. The quantitative estimate of drug-likeness (QED) is 0.0222. The van der Waals surface area contributed by atoms with Crippen LogP contribution in [0.1, 0.15) is 421 Å². The summed E-state index contributed by atoms with van der Waals surface area (Å²) in [6.45, 7) is 11.9. The molecule has 0 aliphatic heterocycles. The van der Waals surface area contributed by atoms with Gasteiger partial charge in [0, 0.05) is 25.7 Å². The summed E-state index contributed by atoms with van der Waals surface area (Å²) in [5, 5.41) is 10.6. The van der Waals surface area contributed by atoms with Gasteiger partial charge < -0.3 is 33.8 Å². The number of carbonyl (C=O) groups excluding carboxylic acids is 4. The van der Waals surface area contributed by atoms with Crippen LogP contribution >= 0.6 is 15.6 Å². The summed E-state index contributed by atoms with van der Waals surface area (Å²) < 4.78 is 68.7. The summed E-state index contributed by atoms with van der Waals surface area (Å²) >= 11 is 0. The third-order valence-electron chi connectivity index (χ3n) is 20.0. The molecule has 0 saturated carbocycles. The Labute approximate surface area is 613 Å². The second kappa shape index (κ2) is 71.3. The number of unbranched alkanes of at least 4 members (excludes halogenated alkanes) is 44. The van der Waals surface area contributed by atoms with Crippen molar-refractivity contribution in [3.8, 4) is 0 Å². The van der Waals surface area contributed by atoms with Crippen molar-refractivity contribution in [1.82, 2.24) is 0 Å². The van der Waals surface area contributed by atoms with Gasteiger partial charge in [-0.15, -0.1) is 0 Å². The highest BCUT2D eigenvalue weighted by Gasteiger charge is 2.30. The maximum absolute atomic E-state index is 13.1. The van der Waals surface area contributed by atoms with Crippen LogP contribution in [0.3, 0.4) is 0 Å². The number of carbonyl (C=O) groups is 4. The van der Waals surface area contributed by atoms with Crippen molar-refractivity contribution in [2.24, 2.45) is 17.8 Å². The summed E-state index contributed by atoms with van der Waals surface area (Å²) in [6, 6.07) is 0. The number of esters is 4. The summed E-state index contributed by atoms with van der Waals surface area (Å²) in [4.78, 5) is 73.0. The lowest BCUT2D eigenvalue weighted by atomic mass is 9.99. The van der Waals surface area contributed by atoms with Crippen LogP contribution in [0.15, 0.2) is 0 Å². The molecular formula is C81H158O17P2. The molecule has 0 radical (unpaired) electrons. The zero-order chi connectivity index (χ0) is 73.7. The van der Waals surface area contributed by atoms with Gasteiger partial charge in [0.1, 0.15) is 19.3 Å². The average Bonchev–Trinajstić information content (AvgIpc) is 0.936. The van der Waals surface area contributed by atoms with Gasteiger partial charge in [0.2, 0.25) is 0 Å². The van der Waals surface area contributed by atoms with Crippen LogP contribution < -0.4 is 0 Å². The molecule has 0 aliphatic carbocycles. The van der Waals surface area contributed by atoms with Crippen LogP contribution in [-0.4, -0.2) is 96.7 Å². The number of aliphatic hydroxyl groups is 1. The Balaban J connectivity index is 5.23. The number of aliphatic hydroxyl groups excluding tert-OH is 1. The van der Waals surface area contributed by atoms with E-state index in [1.54, 1.807) is 0 Å². The van der Waals surface area contributed by atoms with Crippen LogP contribution in [0, 0.1) is 17.8 Å². The van der Waals surface area contributed by atoms with Gasteiger partial charge in [0.05, 0.1) is 26.4 Å². The summed E-state index contributed by atoms with van der Waals surface area (Å²) in [7, 11) is -9.92. The molecule has 0 heterocycles. The lowest BCUT2D eigenvalue weighted by Gasteiger charge is -2.21. The average molecular weight is 1470 g/mol. The number of hydrogen-bond acceptors (Lipinski definition) is 15. The fourth-order valence-electron chi connectivity index (χ4n) is 12.4. The van der Waals surface area contributed by atoms with E-state index in [4.69, 9.17) is 37.0 Å². The third-order valence-corrected chi connectivity index (χ3v) is 21.9. The first kappa shape index (κ1) is 98.1. The van der Waals surface area contributed by atoms with Crippen LogP contribution in [0.4, 0.5) is 0 Å². The van der Waals surface area contributed by atoms with Crippen LogP contribution in [0.25, 0.3) is 0 Å². The van der Waals surface area contributed by atoms with E-state index < -0.39 is 97.5 Å². The van der Waals surface area contributed by atoms with Gasteiger partial charge in [-0.05, 0) is 43.4 Å². The zero-order valence-corrected chi connectivity index (χ0v) is 67.5. The molecule has 0 amide bonds. The lowest BCUT2D eigenvalue weighted by Crippen LogP contribution is -2.30. The molecule has 100 heavy (non-hydrogen) atoms. The largest absolute Gasteiger partial charge is 0.472 e. The fraction of sp³-hybridized carbons (Fsp3) is 0.951. The minimum absolute atomic E-state index is 0.104. The molecule has 8 atom stereocenters. The highest BCUT2D eigenvalue weighted by atomic mass is 31.2. The molecular weight excluding hydrogens is 1310 g/mol. The Morgan fingerprint density at radius 1 is 0.280 bits per heavy atom. The van der Waals surface area contributed by atoms with Gasteiger partial charge in [-0.25, -0.2) is 9.13 Å². The Bertz CT molecular complexity index is 1950. The van der Waals surface area contributed by atoms with Crippen molar-refractivity contribution in [1.29, 1.82) is 0 Å². The van der Waals surface area contributed by atoms with Gasteiger partial charge in [-0.1, -0.05) is 370 Å². The molecule has 0 bridgehead atoms. The normalized spacial score (nSPS) is 14.8. The zero-order valence-electron chi connectivity index (χ0n) is 65.7. The van der Waals surface area contributed by atoms with E-state index in [0.717, 1.165) is 114 Å². The van der Waals surface area contributed by atoms with Gasteiger partial charge in [0.15, 0.2) is 12.2 Å². The van der Waals surface area contributed by atoms with Crippen molar-refractivity contribution >= 4 is 39.5 Å². The number of phosphoric ester groups is 2. The molecule has 0 aromatic rings. The second-order valence-electron chi connectivity index (χ2n) is 29.9. The minimum atomic E-state index is -4.96. The molecule has 0 aromatic carbocycles. The summed E-state index contributed by atoms with van der Waals surface area (Å²) in [5.41, 5.74) is 0. The Hall–Kier alpha value is -1.94. The topological polar surface area (TPSA) is 237 Å². The molecule has 0 fully saturated rings. The molecule has 19 heteroatoms. The van der Waals surface area contributed by atoms with Crippen LogP contribution in [0.2, 0.25) is 0 Å². The molecule has 17 nitrogen and oxygen atoms in total. The molecule has 0 rings (SSSR count). The SMILES string of the molecule is CCCCCCCCCCCCCCCCCCCCCCC(=O)O[C@H](COC(=O)CCCCCCCCCCCCCCCCC(C)CC)COP(=O)(O)OC[C@@H](O)COP(=O)(O)OC[C@@H](COC(=O)CCCCCCCCC(C)CC)OC(=O)CCCCCCCCCCC(C)CC. The molecule has 0 aliphatic rings. The third kappa shape index (κ3) is 70.4. The Kier molecular flexibility index (Phi) is 69.9. The Morgan fingerprint density at radius 3 is 0.710 bits per heavy atom. The van der Waals surface area contributed by atoms with Crippen LogP contribution in [0.5, 0.6) is 0 Å². The smallest absolute Gasteiger partial charge is 0.462 e. The van der Waals surface area contributed by atoms with E-state index in [9.17, 15) is 43.2 Å². The van der Waals surface area contributed by atoms with E-state index in [1.807, 2.05) is 0 Å². The molecule has 0 saturated heterocycles. The maximum atomic E-state index is 13.1. The Morgan fingerprint density at radius 2 is 0.480 bits per heavy atom. The van der Waals surface area contributed by atoms with Gasteiger partial charge in [0.25, 0.3) is 0 Å². The van der Waals surface area contributed by atoms with E-state index in [1.165, 1.54) is 225 Å². The van der Waals surface area contributed by atoms with Crippen molar-refractivity contribution < 1.29 is 80.2 Å². The van der Waals surface area contributed by atoms with E-state index in [0.29, 0.717) is 25.7 Å². The van der Waals surface area contributed by atoms with Crippen molar-refractivity contribution in [2.75, 3.05) is 39.6 Å². The van der Waals surface area contributed by atoms with E-state index in [2.05, 4.69) is 48.5 Å². The highest BCUT2D eigenvalue weighted by molar-refractivity contribution is 7.47. The fourth-order valence-corrected chi connectivity index (χ4v) is 14.0. The first-order valence-corrected chi connectivity index (χ1v) is 45.0. The lowest BCUT2D eigenvalue weighted by molar-refractivity contribution is -0.161. The molecule has 5 unspecified atom stereocenters. The predicted molar refractivity (Wildman–Crippen MR) is 409 cm³/mol. The molecule has 0 aromatic heterocycles. The van der Waals surface area contributed by atoms with Crippen molar-refractivity contribution in [3.63, 3.8) is 0 Å². The van der Waals surface area contributed by atoms with Gasteiger partial charge >= 0.3 is 39.5 Å². The van der Waals surface area contributed by atoms with Crippen molar-refractivity contribution in [2.45, 2.75) is 439 Å². The summed E-state index contributed by atoms with van der Waals surface area (Å²) in [6.07, 6.45) is 59.7. The van der Waals surface area contributed by atoms with E-state index >= 15 is 0 Å². The molecule has 0 spiro atoms. The van der Waals surface area contributed by atoms with Gasteiger partial charge in [-0.2, -0.15) is 0 Å². The first-order chi connectivity index (χ1) is 48.3. The number of hydrogen-bond donors (Lipinski definition) is 3. The van der Waals surface area contributed by atoms with E-state index in [-0.39, 0.29) is 25.7 Å². The second-order valence-corrected chi connectivity index (χ2v) is 32.8. The number of phosphoric acid groups is 2. The first-order valence-electron chi connectivity index (χ1n) is 42.0. The van der Waals surface area contributed by atoms with Crippen LogP contribution in [-0.2, 0) is 65.4 Å². The monoisotopic (exact) mass is 1470 g/mol. The van der Waals surface area contributed by atoms with Crippen molar-refractivity contribution in [3.05, 3.63) is 0 Å².